The molecule has 0 saturated carbocycles. The molecule has 0 bridgehead atoms. The molecule has 1 aromatic rings. The minimum absolute atomic E-state index is 0.0503. The number of unbranched alkanes of at least 4 members (excludes halogenated alkanes) is 1. The molecule has 112 valence electrons. The third kappa shape index (κ3) is 6.17. The van der Waals surface area contributed by atoms with Gasteiger partial charge in [-0.05, 0) is 31.5 Å². The molecule has 4 nitrogen and oxygen atoms in total. The standard InChI is InChI=1S/C16H25NO3/c1-3-4-11-20-12-7-10-17-13-15(18)14-8-5-6-9-16(14)19-2/h5-6,8-9,17H,3-4,7,10-13H2,1-2H3. The van der Waals surface area contributed by atoms with Crippen molar-refractivity contribution in [3.8, 4) is 5.75 Å². The fraction of sp³-hybridized carbons (Fsp3) is 0.562. The van der Waals surface area contributed by atoms with Gasteiger partial charge in [-0.15, -0.1) is 0 Å². The van der Waals surface area contributed by atoms with Gasteiger partial charge in [0.05, 0.1) is 19.2 Å². The summed E-state index contributed by atoms with van der Waals surface area (Å²) in [6.45, 7) is 4.84. The highest BCUT2D eigenvalue weighted by molar-refractivity contribution is 6.00. The highest BCUT2D eigenvalue weighted by Crippen LogP contribution is 2.17. The SMILES string of the molecule is CCCCOCCCNCC(=O)c1ccccc1OC. The van der Waals surface area contributed by atoms with E-state index in [2.05, 4.69) is 12.2 Å². The second-order valence-electron chi connectivity index (χ2n) is 4.62. The van der Waals surface area contributed by atoms with Crippen LogP contribution >= 0.6 is 0 Å². The average Bonchev–Trinajstić information content (AvgIpc) is 2.49. The second kappa shape index (κ2) is 10.4. The molecule has 0 amide bonds. The van der Waals surface area contributed by atoms with Crippen molar-refractivity contribution in [1.29, 1.82) is 0 Å². The lowest BCUT2D eigenvalue weighted by molar-refractivity contribution is 0.0984. The fourth-order valence-electron chi connectivity index (χ4n) is 1.82. The molecule has 0 aliphatic rings. The Kier molecular flexibility index (Phi) is 8.67. The summed E-state index contributed by atoms with van der Waals surface area (Å²) in [7, 11) is 1.58. The molecule has 0 unspecified atom stereocenters. The van der Waals surface area contributed by atoms with E-state index in [9.17, 15) is 4.79 Å². The van der Waals surface area contributed by atoms with Crippen molar-refractivity contribution in [2.75, 3.05) is 33.4 Å². The normalized spacial score (nSPS) is 10.5. The number of rotatable bonds is 11. The lowest BCUT2D eigenvalue weighted by Crippen LogP contribution is -2.25. The zero-order chi connectivity index (χ0) is 14.6. The molecule has 0 spiro atoms. The first-order chi connectivity index (χ1) is 9.79. The summed E-state index contributed by atoms with van der Waals surface area (Å²) >= 11 is 0. The molecule has 0 heterocycles. The third-order valence-electron chi connectivity index (χ3n) is 2.98. The number of carbonyl (C=O) groups is 1. The van der Waals surface area contributed by atoms with Gasteiger partial charge in [-0.1, -0.05) is 25.5 Å². The summed E-state index contributed by atoms with van der Waals surface area (Å²) in [5, 5.41) is 3.14. The maximum Gasteiger partial charge on any atom is 0.180 e. The lowest BCUT2D eigenvalue weighted by atomic mass is 10.1. The summed E-state index contributed by atoms with van der Waals surface area (Å²) in [5.74, 6) is 0.677. The first-order valence-electron chi connectivity index (χ1n) is 7.24. The number of ketones is 1. The van der Waals surface area contributed by atoms with Crippen LogP contribution < -0.4 is 10.1 Å². The zero-order valence-corrected chi connectivity index (χ0v) is 12.5. The predicted octanol–water partition coefficient (Wildman–Crippen LogP) is 2.67. The van der Waals surface area contributed by atoms with Crippen molar-refractivity contribution in [2.24, 2.45) is 0 Å². The molecule has 20 heavy (non-hydrogen) atoms. The molecule has 1 N–H and O–H groups in total. The number of carbonyl (C=O) groups excluding carboxylic acids is 1. The number of para-hydroxylation sites is 1. The molecule has 0 aromatic heterocycles. The number of benzene rings is 1. The Bertz CT molecular complexity index is 393. The van der Waals surface area contributed by atoms with Crippen LogP contribution in [0.25, 0.3) is 0 Å². The van der Waals surface area contributed by atoms with Gasteiger partial charge >= 0.3 is 0 Å². The Balaban J connectivity index is 2.17. The van der Waals surface area contributed by atoms with Gasteiger partial charge in [-0.3, -0.25) is 4.79 Å². The molecule has 4 heteroatoms. The number of nitrogens with one attached hydrogen (secondary N) is 1. The third-order valence-corrected chi connectivity index (χ3v) is 2.98. The van der Waals surface area contributed by atoms with E-state index in [1.807, 2.05) is 12.1 Å². The fourth-order valence-corrected chi connectivity index (χ4v) is 1.82. The Hall–Kier alpha value is -1.39. The molecule has 1 rings (SSSR count). The Morgan fingerprint density at radius 1 is 1.20 bits per heavy atom. The molecule has 0 atom stereocenters. The summed E-state index contributed by atoms with van der Waals surface area (Å²) in [4.78, 5) is 12.0. The predicted molar refractivity (Wildman–Crippen MR) is 80.5 cm³/mol. The van der Waals surface area contributed by atoms with E-state index in [-0.39, 0.29) is 5.78 Å². The molecule has 0 saturated heterocycles. The van der Waals surface area contributed by atoms with Gasteiger partial charge in [-0.2, -0.15) is 0 Å². The first-order valence-corrected chi connectivity index (χ1v) is 7.24. The van der Waals surface area contributed by atoms with Crippen molar-refractivity contribution in [2.45, 2.75) is 26.2 Å². The minimum atomic E-state index is 0.0503. The van der Waals surface area contributed by atoms with Crippen LogP contribution in [0, 0.1) is 0 Å². The first kappa shape index (κ1) is 16.7. The summed E-state index contributed by atoms with van der Waals surface area (Å²) in [6.07, 6.45) is 3.19. The lowest BCUT2D eigenvalue weighted by Gasteiger charge is -2.08. The number of hydrogen-bond acceptors (Lipinski definition) is 4. The largest absolute Gasteiger partial charge is 0.496 e. The van der Waals surface area contributed by atoms with E-state index < -0.39 is 0 Å². The van der Waals surface area contributed by atoms with Gasteiger partial charge in [0.1, 0.15) is 5.75 Å². The van der Waals surface area contributed by atoms with Crippen LogP contribution in [0.15, 0.2) is 24.3 Å². The molecule has 0 radical (unpaired) electrons. The van der Waals surface area contributed by atoms with Gasteiger partial charge in [-0.25, -0.2) is 0 Å². The van der Waals surface area contributed by atoms with E-state index in [1.165, 1.54) is 0 Å². The maximum atomic E-state index is 12.0. The molecular weight excluding hydrogens is 254 g/mol. The van der Waals surface area contributed by atoms with Crippen molar-refractivity contribution in [3.63, 3.8) is 0 Å². The van der Waals surface area contributed by atoms with E-state index in [1.54, 1.807) is 19.2 Å². The molecule has 0 aliphatic heterocycles. The van der Waals surface area contributed by atoms with E-state index in [4.69, 9.17) is 9.47 Å². The van der Waals surface area contributed by atoms with Crippen LogP contribution in [0.2, 0.25) is 0 Å². The molecule has 0 fully saturated rings. The maximum absolute atomic E-state index is 12.0. The average molecular weight is 279 g/mol. The van der Waals surface area contributed by atoms with Gasteiger partial charge in [0, 0.05) is 13.2 Å². The van der Waals surface area contributed by atoms with Crippen molar-refractivity contribution < 1.29 is 14.3 Å². The number of methoxy groups -OCH3 is 1. The van der Waals surface area contributed by atoms with Crippen LogP contribution in [0.4, 0.5) is 0 Å². The highest BCUT2D eigenvalue weighted by Gasteiger charge is 2.10. The van der Waals surface area contributed by atoms with Crippen LogP contribution in [0.1, 0.15) is 36.5 Å². The van der Waals surface area contributed by atoms with Gasteiger partial charge in [0.25, 0.3) is 0 Å². The molecular formula is C16H25NO3. The van der Waals surface area contributed by atoms with Crippen molar-refractivity contribution in [1.82, 2.24) is 5.32 Å². The number of ether oxygens (including phenoxy) is 2. The number of hydrogen-bond donors (Lipinski definition) is 1. The van der Waals surface area contributed by atoms with E-state index in [0.717, 1.165) is 39.0 Å². The Morgan fingerprint density at radius 2 is 1.95 bits per heavy atom. The Morgan fingerprint density at radius 3 is 2.70 bits per heavy atom. The van der Waals surface area contributed by atoms with Crippen LogP contribution in [0.5, 0.6) is 5.75 Å². The van der Waals surface area contributed by atoms with Crippen LogP contribution in [-0.2, 0) is 4.74 Å². The second-order valence-corrected chi connectivity index (χ2v) is 4.62. The topological polar surface area (TPSA) is 47.6 Å². The zero-order valence-electron chi connectivity index (χ0n) is 12.5. The van der Waals surface area contributed by atoms with Gasteiger partial charge in [0.15, 0.2) is 5.78 Å². The smallest absolute Gasteiger partial charge is 0.180 e. The van der Waals surface area contributed by atoms with E-state index >= 15 is 0 Å². The van der Waals surface area contributed by atoms with Gasteiger partial charge < -0.3 is 14.8 Å². The van der Waals surface area contributed by atoms with E-state index in [0.29, 0.717) is 17.9 Å². The highest BCUT2D eigenvalue weighted by atomic mass is 16.5. The van der Waals surface area contributed by atoms with Crippen molar-refractivity contribution >= 4 is 5.78 Å². The summed E-state index contributed by atoms with van der Waals surface area (Å²) < 4.78 is 10.6. The van der Waals surface area contributed by atoms with Gasteiger partial charge in [0.2, 0.25) is 0 Å². The summed E-state index contributed by atoms with van der Waals surface area (Å²) in [5.41, 5.74) is 0.627. The van der Waals surface area contributed by atoms with Crippen molar-refractivity contribution in [3.05, 3.63) is 29.8 Å². The number of Topliss-reactive ketones (excluding diaryl/α,β-unsaturated/α-hetero) is 1. The van der Waals surface area contributed by atoms with Crippen LogP contribution in [0.3, 0.4) is 0 Å². The summed E-state index contributed by atoms with van der Waals surface area (Å²) in [6, 6.07) is 7.29. The Labute approximate surface area is 121 Å². The minimum Gasteiger partial charge on any atom is -0.496 e. The quantitative estimate of drug-likeness (QED) is 0.500. The van der Waals surface area contributed by atoms with Crippen LogP contribution in [-0.4, -0.2) is 39.2 Å². The monoisotopic (exact) mass is 279 g/mol. The molecule has 1 aromatic carbocycles. The molecule has 0 aliphatic carbocycles.